The van der Waals surface area contributed by atoms with Crippen LogP contribution in [0.3, 0.4) is 0 Å². The second-order valence-electron chi connectivity index (χ2n) is 15.8. The summed E-state index contributed by atoms with van der Waals surface area (Å²) in [4.78, 5) is 13.2. The zero-order valence-electron chi connectivity index (χ0n) is 34.5. The van der Waals surface area contributed by atoms with Gasteiger partial charge in [0.2, 0.25) is 0 Å². The summed E-state index contributed by atoms with van der Waals surface area (Å²) >= 11 is 0. The van der Waals surface area contributed by atoms with Crippen LogP contribution in [0.1, 0.15) is 210 Å². The van der Waals surface area contributed by atoms with E-state index in [0.717, 1.165) is 24.8 Å². The summed E-state index contributed by atoms with van der Waals surface area (Å²) in [5.74, 6) is 1.35. The molecule has 53 heavy (non-hydrogen) atoms. The molecule has 2 atom stereocenters. The maximum atomic E-state index is 13.2. The molecule has 0 aliphatic heterocycles. The molecule has 0 N–H and O–H groups in total. The van der Waals surface area contributed by atoms with Gasteiger partial charge in [-0.05, 0) is 72.6 Å². The largest absolute Gasteiger partial charge is 0.487 e. The van der Waals surface area contributed by atoms with Gasteiger partial charge in [-0.2, -0.15) is 0 Å². The Labute approximate surface area is 326 Å². The second kappa shape index (κ2) is 28.4. The van der Waals surface area contributed by atoms with Crippen LogP contribution in [0.2, 0.25) is 0 Å². The van der Waals surface area contributed by atoms with Gasteiger partial charge in [0.05, 0.1) is 11.7 Å². The fourth-order valence-electron chi connectivity index (χ4n) is 7.50. The lowest BCUT2D eigenvalue weighted by atomic mass is 9.93. The van der Waals surface area contributed by atoms with Crippen LogP contribution >= 0.6 is 0 Å². The molecule has 3 nitrogen and oxygen atoms in total. The molecule has 0 aromatic heterocycles. The molecule has 3 aromatic rings. The van der Waals surface area contributed by atoms with E-state index in [-0.39, 0.29) is 12.1 Å². The summed E-state index contributed by atoms with van der Waals surface area (Å²) in [6.45, 7) is 9.13. The van der Waals surface area contributed by atoms with Gasteiger partial charge in [0.1, 0.15) is 0 Å². The van der Waals surface area contributed by atoms with E-state index in [4.69, 9.17) is 9.47 Å². The van der Waals surface area contributed by atoms with Crippen LogP contribution in [-0.4, -0.2) is 12.1 Å². The molecule has 0 bridgehead atoms. The Balaban J connectivity index is 1.40. The number of rotatable bonds is 31. The normalized spacial score (nSPS) is 12.5. The molecule has 3 rings (SSSR count). The van der Waals surface area contributed by atoms with Crippen LogP contribution in [-0.2, 0) is 0 Å². The smallest absolute Gasteiger partial charge is 0.343 e. The van der Waals surface area contributed by atoms with Gasteiger partial charge < -0.3 is 9.47 Å². The summed E-state index contributed by atoms with van der Waals surface area (Å²) in [6, 6.07) is 24.4. The first-order valence-corrected chi connectivity index (χ1v) is 22.2. The molecule has 3 aromatic carbocycles. The lowest BCUT2D eigenvalue weighted by Crippen LogP contribution is -2.17. The summed E-state index contributed by atoms with van der Waals surface area (Å²) in [5, 5.41) is 0. The highest BCUT2D eigenvalue weighted by Gasteiger charge is 2.17. The Hall–Kier alpha value is -3.07. The Morgan fingerprint density at radius 2 is 0.906 bits per heavy atom. The van der Waals surface area contributed by atoms with Crippen LogP contribution in [0, 0.1) is 0 Å². The highest BCUT2D eigenvalue weighted by atomic mass is 16.6. The van der Waals surface area contributed by atoms with Crippen molar-refractivity contribution in [3.05, 3.63) is 83.9 Å². The van der Waals surface area contributed by atoms with E-state index in [0.29, 0.717) is 23.0 Å². The number of ether oxygens (including phenoxy) is 2. The monoisotopic (exact) mass is 725 g/mol. The third-order valence-corrected chi connectivity index (χ3v) is 11.0. The van der Waals surface area contributed by atoms with E-state index in [9.17, 15) is 4.79 Å². The number of esters is 1. The fourth-order valence-corrected chi connectivity index (χ4v) is 7.50. The maximum absolute atomic E-state index is 13.2. The van der Waals surface area contributed by atoms with Crippen molar-refractivity contribution in [2.45, 2.75) is 200 Å². The molecular formula is C50H76O3. The number of unbranched alkanes of at least 4 members (excludes halogenated alkanes) is 19. The van der Waals surface area contributed by atoms with Crippen molar-refractivity contribution < 1.29 is 14.3 Å². The van der Waals surface area contributed by atoms with Crippen molar-refractivity contribution >= 4 is 5.97 Å². The Bertz CT molecular complexity index is 1330. The third kappa shape index (κ3) is 18.7. The zero-order valence-corrected chi connectivity index (χ0v) is 34.5. The van der Waals surface area contributed by atoms with E-state index >= 15 is 0 Å². The Morgan fingerprint density at radius 1 is 0.472 bits per heavy atom. The Morgan fingerprint density at radius 3 is 1.40 bits per heavy atom. The van der Waals surface area contributed by atoms with Gasteiger partial charge in [-0.3, -0.25) is 0 Å². The lowest BCUT2D eigenvalue weighted by molar-refractivity contribution is 0.0721. The number of hydrogen-bond donors (Lipinski definition) is 0. The van der Waals surface area contributed by atoms with E-state index in [1.807, 2.05) is 48.5 Å². The molecule has 0 amide bonds. The first-order valence-electron chi connectivity index (χ1n) is 22.2. The Kier molecular flexibility index (Phi) is 23.7. The molecule has 0 aliphatic rings. The van der Waals surface area contributed by atoms with E-state index in [1.54, 1.807) is 0 Å². The van der Waals surface area contributed by atoms with Gasteiger partial charge >= 0.3 is 5.97 Å². The minimum atomic E-state index is -0.361. The van der Waals surface area contributed by atoms with Gasteiger partial charge in [0, 0.05) is 0 Å². The second-order valence-corrected chi connectivity index (χ2v) is 15.8. The van der Waals surface area contributed by atoms with Crippen molar-refractivity contribution in [3.8, 4) is 22.6 Å². The topological polar surface area (TPSA) is 35.5 Å². The fraction of sp³-hybridized carbons (Fsp3) is 0.620. The summed E-state index contributed by atoms with van der Waals surface area (Å²) in [6.07, 6.45) is 33.1. The first-order chi connectivity index (χ1) is 26.0. The average Bonchev–Trinajstić information content (AvgIpc) is 3.18. The zero-order chi connectivity index (χ0) is 37.8. The number of para-hydroxylation sites is 2. The summed E-state index contributed by atoms with van der Waals surface area (Å²) in [7, 11) is 0. The molecule has 0 fully saturated rings. The minimum Gasteiger partial charge on any atom is -0.487 e. The average molecular weight is 725 g/mol. The van der Waals surface area contributed by atoms with Crippen molar-refractivity contribution in [1.82, 2.24) is 0 Å². The van der Waals surface area contributed by atoms with Crippen LogP contribution in [0.15, 0.2) is 72.8 Å². The maximum Gasteiger partial charge on any atom is 0.343 e. The van der Waals surface area contributed by atoms with Crippen LogP contribution in [0.25, 0.3) is 11.1 Å². The number of carbonyl (C=O) groups is 1. The van der Waals surface area contributed by atoms with E-state index < -0.39 is 0 Å². The van der Waals surface area contributed by atoms with Crippen molar-refractivity contribution in [2.75, 3.05) is 0 Å². The molecule has 0 aliphatic carbocycles. The van der Waals surface area contributed by atoms with Gasteiger partial charge in [0.25, 0.3) is 0 Å². The quantitative estimate of drug-likeness (QED) is 0.0376. The minimum absolute atomic E-state index is 0.132. The van der Waals surface area contributed by atoms with Crippen LogP contribution in [0.4, 0.5) is 0 Å². The summed E-state index contributed by atoms with van der Waals surface area (Å²) < 4.78 is 12.4. The molecule has 0 saturated carbocycles. The number of benzene rings is 3. The molecular weight excluding hydrogens is 649 g/mol. The molecule has 0 saturated heterocycles. The van der Waals surface area contributed by atoms with Gasteiger partial charge in [-0.15, -0.1) is 0 Å². The van der Waals surface area contributed by atoms with Crippen LogP contribution in [0.5, 0.6) is 11.5 Å². The van der Waals surface area contributed by atoms with Crippen molar-refractivity contribution in [2.24, 2.45) is 0 Å². The SMILES string of the molecule is CCCCCCCCCCCCCCC(C)c1ccc(-c2ccc(C(=O)Oc3ccccc3OC(CCC)CCCCCCCCCCC)cc2)cc1. The van der Waals surface area contributed by atoms with E-state index in [2.05, 4.69) is 52.0 Å². The van der Waals surface area contributed by atoms with Gasteiger partial charge in [-0.1, -0.05) is 211 Å². The van der Waals surface area contributed by atoms with Gasteiger partial charge in [0.15, 0.2) is 11.5 Å². The van der Waals surface area contributed by atoms with Gasteiger partial charge in [-0.25, -0.2) is 4.79 Å². The van der Waals surface area contributed by atoms with Crippen LogP contribution < -0.4 is 9.47 Å². The molecule has 3 heteroatoms. The standard InChI is InChI=1S/C50H76O3/c1-5-8-10-12-14-16-17-18-20-21-23-25-30-42(4)43-34-36-44(37-35-43)45-38-40-46(41-39-45)50(51)53-49-33-28-27-32-48(49)52-47(29-7-3)31-26-24-22-19-15-13-11-9-6-2/h27-28,32-42,47H,5-26,29-31H2,1-4H3. The van der Waals surface area contributed by atoms with E-state index in [1.165, 1.54) is 152 Å². The number of carbonyl (C=O) groups excluding carboxylic acids is 1. The number of hydrogen-bond acceptors (Lipinski definition) is 3. The molecule has 0 heterocycles. The van der Waals surface area contributed by atoms with Crippen molar-refractivity contribution in [1.29, 1.82) is 0 Å². The predicted molar refractivity (Wildman–Crippen MR) is 229 cm³/mol. The lowest BCUT2D eigenvalue weighted by Gasteiger charge is -2.20. The highest BCUT2D eigenvalue weighted by molar-refractivity contribution is 5.92. The molecule has 2 unspecified atom stereocenters. The van der Waals surface area contributed by atoms with Crippen molar-refractivity contribution in [3.63, 3.8) is 0 Å². The first kappa shape index (κ1) is 44.3. The third-order valence-electron chi connectivity index (χ3n) is 11.0. The molecule has 0 radical (unpaired) electrons. The molecule has 0 spiro atoms. The molecule has 294 valence electrons. The summed E-state index contributed by atoms with van der Waals surface area (Å²) in [5.41, 5.74) is 4.21. The highest BCUT2D eigenvalue weighted by Crippen LogP contribution is 2.31. The predicted octanol–water partition coefficient (Wildman–Crippen LogP) is 16.2.